The third kappa shape index (κ3) is 1.51. The van der Waals surface area contributed by atoms with Crippen molar-refractivity contribution in [2.45, 2.75) is 0 Å². The quantitative estimate of drug-likeness (QED) is 0.573. The van der Waals surface area contributed by atoms with Gasteiger partial charge in [-0.15, -0.1) is 0 Å². The summed E-state index contributed by atoms with van der Waals surface area (Å²) in [6, 6.07) is 18.7. The van der Waals surface area contributed by atoms with Crippen molar-refractivity contribution in [3.63, 3.8) is 0 Å². The molecule has 0 amide bonds. The van der Waals surface area contributed by atoms with Gasteiger partial charge in [-0.3, -0.25) is 9.98 Å². The van der Waals surface area contributed by atoms with Crippen LogP contribution in [0.4, 0.5) is 0 Å². The number of rotatable bonds is 1. The number of benzene rings is 2. The van der Waals surface area contributed by atoms with E-state index < -0.39 is 0 Å². The second-order valence-corrected chi connectivity index (χ2v) is 5.56. The molecule has 1 aliphatic heterocycles. The zero-order valence-electron chi connectivity index (χ0n) is 11.9. The highest BCUT2D eigenvalue weighted by atomic mass is 14.8. The Morgan fingerprint density at radius 2 is 1.73 bits per heavy atom. The summed E-state index contributed by atoms with van der Waals surface area (Å²) in [5.74, 6) is 0. The van der Waals surface area contributed by atoms with Crippen LogP contribution < -0.4 is 10.6 Å². The van der Waals surface area contributed by atoms with Gasteiger partial charge in [0.15, 0.2) is 0 Å². The molecule has 0 aliphatic carbocycles. The SMILES string of the molecule is c1ccc2c(c1)=NCC=2c1nccc2c1[nH]c1ccccc12. The molecular weight excluding hydrogens is 270 g/mol. The number of aromatic nitrogens is 2. The van der Waals surface area contributed by atoms with Crippen molar-refractivity contribution < 1.29 is 0 Å². The highest BCUT2D eigenvalue weighted by Gasteiger charge is 2.15. The zero-order valence-corrected chi connectivity index (χ0v) is 11.9. The molecule has 0 unspecified atom stereocenters. The smallest absolute Gasteiger partial charge is 0.0928 e. The molecule has 1 aliphatic rings. The molecule has 2 aromatic carbocycles. The molecule has 2 aromatic heterocycles. The fraction of sp³-hybridized carbons (Fsp3) is 0.0526. The van der Waals surface area contributed by atoms with Gasteiger partial charge in [-0.2, -0.15) is 0 Å². The maximum absolute atomic E-state index is 4.65. The minimum absolute atomic E-state index is 0.695. The maximum atomic E-state index is 4.65. The van der Waals surface area contributed by atoms with Crippen LogP contribution in [0, 0.1) is 0 Å². The van der Waals surface area contributed by atoms with E-state index in [2.05, 4.69) is 63.5 Å². The lowest BCUT2D eigenvalue weighted by atomic mass is 10.1. The van der Waals surface area contributed by atoms with E-state index >= 15 is 0 Å². The Bertz CT molecular complexity index is 1150. The Kier molecular flexibility index (Phi) is 2.27. The van der Waals surface area contributed by atoms with Gasteiger partial charge in [0, 0.05) is 33.3 Å². The lowest BCUT2D eigenvalue weighted by Crippen LogP contribution is -2.22. The Morgan fingerprint density at radius 1 is 0.864 bits per heavy atom. The van der Waals surface area contributed by atoms with E-state index in [0.29, 0.717) is 6.54 Å². The first-order valence-corrected chi connectivity index (χ1v) is 7.40. The summed E-state index contributed by atoms with van der Waals surface area (Å²) in [6.45, 7) is 0.695. The van der Waals surface area contributed by atoms with Gasteiger partial charge in [-0.05, 0) is 18.2 Å². The number of aromatic amines is 1. The molecule has 0 radical (unpaired) electrons. The summed E-state index contributed by atoms with van der Waals surface area (Å²) < 4.78 is 0. The molecule has 104 valence electrons. The predicted octanol–water partition coefficient (Wildman–Crippen LogP) is 2.55. The van der Waals surface area contributed by atoms with Crippen molar-refractivity contribution in [2.24, 2.45) is 4.99 Å². The number of nitrogens with one attached hydrogen (secondary N) is 1. The van der Waals surface area contributed by atoms with Crippen LogP contribution in [0.3, 0.4) is 0 Å². The van der Waals surface area contributed by atoms with E-state index in [1.54, 1.807) is 0 Å². The second-order valence-electron chi connectivity index (χ2n) is 5.56. The molecule has 0 atom stereocenters. The molecule has 0 saturated heterocycles. The van der Waals surface area contributed by atoms with Crippen LogP contribution in [0.15, 0.2) is 65.8 Å². The monoisotopic (exact) mass is 283 g/mol. The molecule has 0 saturated carbocycles. The largest absolute Gasteiger partial charge is 0.353 e. The molecule has 22 heavy (non-hydrogen) atoms. The van der Waals surface area contributed by atoms with Gasteiger partial charge in [0.1, 0.15) is 0 Å². The lowest BCUT2D eigenvalue weighted by molar-refractivity contribution is 1.18. The number of pyridine rings is 1. The van der Waals surface area contributed by atoms with Crippen molar-refractivity contribution in [3.05, 3.63) is 77.1 Å². The van der Waals surface area contributed by atoms with E-state index in [-0.39, 0.29) is 0 Å². The summed E-state index contributed by atoms with van der Waals surface area (Å²) in [5.41, 5.74) is 4.47. The van der Waals surface area contributed by atoms with Crippen LogP contribution in [0.1, 0.15) is 5.69 Å². The third-order valence-electron chi connectivity index (χ3n) is 4.35. The van der Waals surface area contributed by atoms with Gasteiger partial charge in [0.05, 0.1) is 23.1 Å². The Labute approximate surface area is 126 Å². The Hall–Kier alpha value is -2.94. The Morgan fingerprint density at radius 3 is 2.73 bits per heavy atom. The van der Waals surface area contributed by atoms with E-state index in [1.807, 2.05) is 12.3 Å². The lowest BCUT2D eigenvalue weighted by Gasteiger charge is -2.02. The number of nitrogens with zero attached hydrogens (tertiary/aromatic N) is 2. The van der Waals surface area contributed by atoms with Gasteiger partial charge < -0.3 is 4.98 Å². The molecule has 0 fully saturated rings. The summed E-state index contributed by atoms with van der Waals surface area (Å²) in [7, 11) is 0. The van der Waals surface area contributed by atoms with Gasteiger partial charge in [-0.1, -0.05) is 36.4 Å². The number of hydrogen-bond acceptors (Lipinski definition) is 2. The van der Waals surface area contributed by atoms with Crippen molar-refractivity contribution >= 4 is 27.4 Å². The first-order chi connectivity index (χ1) is 10.9. The minimum Gasteiger partial charge on any atom is -0.353 e. The van der Waals surface area contributed by atoms with Gasteiger partial charge >= 0.3 is 0 Å². The fourth-order valence-electron chi connectivity index (χ4n) is 3.32. The molecule has 5 rings (SSSR count). The van der Waals surface area contributed by atoms with Crippen LogP contribution in [-0.4, -0.2) is 16.5 Å². The van der Waals surface area contributed by atoms with Gasteiger partial charge in [0.25, 0.3) is 0 Å². The van der Waals surface area contributed by atoms with Crippen LogP contribution in [0.25, 0.3) is 27.4 Å². The molecule has 4 aromatic rings. The summed E-state index contributed by atoms with van der Waals surface area (Å²) in [5, 5.41) is 4.72. The predicted molar refractivity (Wildman–Crippen MR) is 88.2 cm³/mol. The molecule has 3 heterocycles. The van der Waals surface area contributed by atoms with E-state index in [9.17, 15) is 0 Å². The molecular formula is C19H13N3. The molecule has 3 heteroatoms. The van der Waals surface area contributed by atoms with Crippen LogP contribution in [-0.2, 0) is 0 Å². The highest BCUT2D eigenvalue weighted by Crippen LogP contribution is 2.28. The normalized spacial score (nSPS) is 13.5. The average molecular weight is 283 g/mol. The van der Waals surface area contributed by atoms with E-state index in [1.165, 1.54) is 21.6 Å². The van der Waals surface area contributed by atoms with Gasteiger partial charge in [0.2, 0.25) is 0 Å². The molecule has 0 bridgehead atoms. The number of H-pyrrole nitrogens is 1. The first-order valence-electron chi connectivity index (χ1n) is 7.40. The number of fused-ring (bicyclic) bond motifs is 4. The van der Waals surface area contributed by atoms with Crippen molar-refractivity contribution in [1.82, 2.24) is 9.97 Å². The maximum Gasteiger partial charge on any atom is 0.0928 e. The van der Waals surface area contributed by atoms with Crippen LogP contribution >= 0.6 is 0 Å². The highest BCUT2D eigenvalue weighted by molar-refractivity contribution is 6.09. The standard InChI is InChI=1S/C19H13N3/c1-3-7-16-13(6-1)15(11-21-16)18-19-14(9-10-20-18)12-5-2-4-8-17(12)22-19/h1-10,22H,11H2. The van der Waals surface area contributed by atoms with Crippen molar-refractivity contribution in [3.8, 4) is 0 Å². The summed E-state index contributed by atoms with van der Waals surface area (Å²) in [6.07, 6.45) is 1.89. The second kappa shape index (κ2) is 4.28. The van der Waals surface area contributed by atoms with Crippen LogP contribution in [0.5, 0.6) is 0 Å². The van der Waals surface area contributed by atoms with Gasteiger partial charge in [-0.25, -0.2) is 0 Å². The molecule has 0 spiro atoms. The fourth-order valence-corrected chi connectivity index (χ4v) is 3.32. The first kappa shape index (κ1) is 11.7. The van der Waals surface area contributed by atoms with Crippen molar-refractivity contribution in [2.75, 3.05) is 6.54 Å². The molecule has 3 nitrogen and oxygen atoms in total. The van der Waals surface area contributed by atoms with E-state index in [4.69, 9.17) is 0 Å². The summed E-state index contributed by atoms with van der Waals surface area (Å²) in [4.78, 5) is 12.8. The van der Waals surface area contributed by atoms with Crippen molar-refractivity contribution in [1.29, 1.82) is 0 Å². The molecule has 1 N–H and O–H groups in total. The average Bonchev–Trinajstić information content (AvgIpc) is 3.16. The zero-order chi connectivity index (χ0) is 14.5. The van der Waals surface area contributed by atoms with E-state index in [0.717, 1.165) is 22.1 Å². The Balaban J connectivity index is 1.93. The van der Waals surface area contributed by atoms with Crippen LogP contribution in [0.2, 0.25) is 0 Å². The minimum atomic E-state index is 0.695. The summed E-state index contributed by atoms with van der Waals surface area (Å²) >= 11 is 0. The topological polar surface area (TPSA) is 41.0 Å². The number of para-hydroxylation sites is 2. The third-order valence-corrected chi connectivity index (χ3v) is 4.35. The number of hydrogen-bond donors (Lipinski definition) is 1.